The highest BCUT2D eigenvalue weighted by molar-refractivity contribution is 5.93. The number of alkyl halides is 1. The monoisotopic (exact) mass is 446 g/mol. The van der Waals surface area contributed by atoms with Gasteiger partial charge in [0.15, 0.2) is 5.82 Å². The third-order valence-electron chi connectivity index (χ3n) is 5.56. The van der Waals surface area contributed by atoms with Crippen molar-refractivity contribution in [1.82, 2.24) is 19.7 Å². The van der Waals surface area contributed by atoms with E-state index in [1.807, 2.05) is 0 Å². The summed E-state index contributed by atoms with van der Waals surface area (Å²) in [5, 5.41) is 14.5. The fourth-order valence-electron chi connectivity index (χ4n) is 3.91. The lowest BCUT2D eigenvalue weighted by molar-refractivity contribution is -0.0166. The van der Waals surface area contributed by atoms with E-state index in [1.165, 1.54) is 9.58 Å². The lowest BCUT2D eigenvalue weighted by Crippen LogP contribution is -2.56. The molecule has 0 spiro atoms. The molecule has 9 nitrogen and oxygen atoms in total. The Labute approximate surface area is 187 Å². The van der Waals surface area contributed by atoms with Gasteiger partial charge in [0.1, 0.15) is 22.7 Å². The number of amides is 1. The summed E-state index contributed by atoms with van der Waals surface area (Å²) in [5.74, 6) is 0.507. The van der Waals surface area contributed by atoms with E-state index < -0.39 is 23.4 Å². The minimum absolute atomic E-state index is 0.124. The molecule has 2 aromatic heterocycles. The highest BCUT2D eigenvalue weighted by Gasteiger charge is 2.48. The first kappa shape index (κ1) is 23.6. The number of hydrogen-bond donors (Lipinski definition) is 1. The van der Waals surface area contributed by atoms with Crippen molar-refractivity contribution in [1.29, 1.82) is 5.26 Å². The van der Waals surface area contributed by atoms with Crippen molar-refractivity contribution in [3.8, 4) is 11.9 Å². The van der Waals surface area contributed by atoms with Crippen LogP contribution in [-0.2, 0) is 10.3 Å². The highest BCUT2D eigenvalue weighted by atomic mass is 19.1. The summed E-state index contributed by atoms with van der Waals surface area (Å²) in [6.45, 7) is 7.83. The summed E-state index contributed by atoms with van der Waals surface area (Å²) in [6.07, 6.45) is 1.32. The summed E-state index contributed by atoms with van der Waals surface area (Å²) in [5.41, 5.74) is 4.79. The molecular weight excluding hydrogens is 415 g/mol. The summed E-state index contributed by atoms with van der Waals surface area (Å²) >= 11 is 0. The second-order valence-electron chi connectivity index (χ2n) is 9.09. The van der Waals surface area contributed by atoms with E-state index in [-0.39, 0.29) is 31.7 Å². The molecule has 0 bridgehead atoms. The smallest absolute Gasteiger partial charge is 0.410 e. The largest absolute Gasteiger partial charge is 0.477 e. The molecule has 2 aromatic rings. The van der Waals surface area contributed by atoms with Gasteiger partial charge in [-0.05, 0) is 39.7 Å². The van der Waals surface area contributed by atoms with Crippen LogP contribution in [0.25, 0.3) is 10.9 Å². The van der Waals surface area contributed by atoms with Crippen molar-refractivity contribution >= 4 is 22.8 Å². The Morgan fingerprint density at radius 3 is 2.84 bits per heavy atom. The number of rotatable bonds is 6. The molecule has 0 aliphatic carbocycles. The van der Waals surface area contributed by atoms with Crippen LogP contribution >= 0.6 is 0 Å². The molecule has 0 saturated carbocycles. The van der Waals surface area contributed by atoms with Gasteiger partial charge in [-0.1, -0.05) is 13.3 Å². The number of hydrogen-bond acceptors (Lipinski definition) is 7. The first-order valence-corrected chi connectivity index (χ1v) is 10.9. The van der Waals surface area contributed by atoms with Crippen molar-refractivity contribution in [2.75, 3.05) is 25.4 Å². The fraction of sp³-hybridized carbons (Fsp3) is 0.636. The van der Waals surface area contributed by atoms with Crippen LogP contribution in [0.1, 0.15) is 53.4 Å². The van der Waals surface area contributed by atoms with E-state index in [0.717, 1.165) is 12.8 Å². The fourth-order valence-corrected chi connectivity index (χ4v) is 3.91. The second-order valence-corrected chi connectivity index (χ2v) is 9.09. The SMILES string of the molecule is CCCCOc1nccc2c1c(N)nn2[C@]1(CC#N)CCN(C(=O)OC(C)(C)C)C[C@@H]1F. The van der Waals surface area contributed by atoms with Crippen molar-refractivity contribution in [3.05, 3.63) is 12.3 Å². The number of aromatic nitrogens is 3. The Kier molecular flexibility index (Phi) is 6.77. The van der Waals surface area contributed by atoms with E-state index in [2.05, 4.69) is 23.1 Å². The molecule has 32 heavy (non-hydrogen) atoms. The van der Waals surface area contributed by atoms with Gasteiger partial charge in [0, 0.05) is 12.7 Å². The minimum Gasteiger partial charge on any atom is -0.477 e. The average molecular weight is 447 g/mol. The molecule has 10 heteroatoms. The lowest BCUT2D eigenvalue weighted by atomic mass is 9.83. The quantitative estimate of drug-likeness (QED) is 0.671. The Morgan fingerprint density at radius 1 is 1.47 bits per heavy atom. The maximum Gasteiger partial charge on any atom is 0.410 e. The Morgan fingerprint density at radius 2 is 2.22 bits per heavy atom. The zero-order chi connectivity index (χ0) is 23.5. The number of nitriles is 1. The molecule has 174 valence electrons. The first-order chi connectivity index (χ1) is 15.1. The summed E-state index contributed by atoms with van der Waals surface area (Å²) in [7, 11) is 0. The number of pyridine rings is 1. The third kappa shape index (κ3) is 4.56. The first-order valence-electron chi connectivity index (χ1n) is 10.9. The zero-order valence-electron chi connectivity index (χ0n) is 19.1. The van der Waals surface area contributed by atoms with Gasteiger partial charge in [0.25, 0.3) is 0 Å². The molecule has 1 aliphatic heterocycles. The number of piperidine rings is 1. The van der Waals surface area contributed by atoms with Gasteiger partial charge in [-0.3, -0.25) is 4.68 Å². The topological polar surface area (TPSA) is 119 Å². The van der Waals surface area contributed by atoms with E-state index in [9.17, 15) is 10.1 Å². The second kappa shape index (κ2) is 9.18. The number of carbonyl (C=O) groups is 1. The molecule has 0 unspecified atom stereocenters. The minimum atomic E-state index is -1.55. The van der Waals surface area contributed by atoms with Crippen LogP contribution in [0.4, 0.5) is 15.0 Å². The zero-order valence-corrected chi connectivity index (χ0v) is 19.1. The van der Waals surface area contributed by atoms with Crippen LogP contribution in [0, 0.1) is 11.3 Å². The van der Waals surface area contributed by atoms with Gasteiger partial charge in [0.05, 0.1) is 31.2 Å². The predicted molar refractivity (Wildman–Crippen MR) is 118 cm³/mol. The maximum atomic E-state index is 15.8. The van der Waals surface area contributed by atoms with Gasteiger partial charge in [-0.2, -0.15) is 10.4 Å². The van der Waals surface area contributed by atoms with Crippen molar-refractivity contribution in [3.63, 3.8) is 0 Å². The Balaban J connectivity index is 1.96. The van der Waals surface area contributed by atoms with Crippen LogP contribution in [-0.4, -0.2) is 57.2 Å². The van der Waals surface area contributed by atoms with Crippen LogP contribution in [0.2, 0.25) is 0 Å². The molecule has 0 aromatic carbocycles. The number of anilines is 1. The van der Waals surface area contributed by atoms with Gasteiger partial charge in [-0.25, -0.2) is 14.2 Å². The van der Waals surface area contributed by atoms with Crippen LogP contribution in [0.15, 0.2) is 12.3 Å². The normalized spacial score (nSPS) is 21.4. The van der Waals surface area contributed by atoms with Gasteiger partial charge >= 0.3 is 6.09 Å². The number of likely N-dealkylation sites (tertiary alicyclic amines) is 1. The molecule has 1 fully saturated rings. The standard InChI is InChI=1S/C22H31FN6O3/c1-5-6-13-31-19-17-15(7-11-26-19)29(27-18(17)25)22(8-10-24)9-12-28(14-16(22)23)20(30)32-21(2,3)4/h7,11,16H,5-6,8-9,12-14H2,1-4H3,(H2,25,27)/t16-,22+/m0/s1. The van der Waals surface area contributed by atoms with E-state index in [1.54, 1.807) is 33.0 Å². The summed E-state index contributed by atoms with van der Waals surface area (Å²) < 4.78 is 28.4. The van der Waals surface area contributed by atoms with Gasteiger partial charge in [0.2, 0.25) is 5.88 Å². The maximum absolute atomic E-state index is 15.8. The molecule has 1 saturated heterocycles. The number of halogens is 1. The Hall–Kier alpha value is -3.09. The van der Waals surface area contributed by atoms with Gasteiger partial charge in [-0.15, -0.1) is 0 Å². The molecule has 2 N–H and O–H groups in total. The van der Waals surface area contributed by atoms with Crippen LogP contribution in [0.3, 0.4) is 0 Å². The van der Waals surface area contributed by atoms with Crippen molar-refractivity contribution in [2.45, 2.75) is 70.7 Å². The number of fused-ring (bicyclic) bond motifs is 1. The Bertz CT molecular complexity index is 1010. The number of ether oxygens (including phenoxy) is 2. The summed E-state index contributed by atoms with van der Waals surface area (Å²) in [4.78, 5) is 18.1. The van der Waals surface area contributed by atoms with E-state index in [4.69, 9.17) is 15.2 Å². The lowest BCUT2D eigenvalue weighted by Gasteiger charge is -2.43. The molecule has 1 aliphatic rings. The molecule has 3 heterocycles. The average Bonchev–Trinajstić information content (AvgIpc) is 3.06. The molecule has 3 rings (SSSR count). The van der Waals surface area contributed by atoms with E-state index in [0.29, 0.717) is 23.4 Å². The van der Waals surface area contributed by atoms with Gasteiger partial charge < -0.3 is 20.1 Å². The predicted octanol–water partition coefficient (Wildman–Crippen LogP) is 3.78. The molecule has 2 atom stereocenters. The number of unbranched alkanes of at least 4 members (excludes halogenated alkanes) is 1. The number of nitrogen functional groups attached to an aromatic ring is 1. The van der Waals surface area contributed by atoms with E-state index >= 15 is 4.39 Å². The van der Waals surface area contributed by atoms with Crippen LogP contribution in [0.5, 0.6) is 5.88 Å². The molecule has 0 radical (unpaired) electrons. The summed E-state index contributed by atoms with van der Waals surface area (Å²) in [6, 6.07) is 3.79. The number of nitrogens with two attached hydrogens (primary N) is 1. The van der Waals surface area contributed by atoms with Crippen molar-refractivity contribution < 1.29 is 18.7 Å². The highest BCUT2D eigenvalue weighted by Crippen LogP contribution is 2.40. The number of carbonyl (C=O) groups excluding carboxylic acids is 1. The van der Waals surface area contributed by atoms with Crippen LogP contribution < -0.4 is 10.5 Å². The number of nitrogens with zero attached hydrogens (tertiary/aromatic N) is 5. The van der Waals surface area contributed by atoms with Crippen molar-refractivity contribution in [2.24, 2.45) is 0 Å². The molecule has 1 amide bonds. The third-order valence-corrected chi connectivity index (χ3v) is 5.56. The molecular formula is C22H31FN6O3.